The summed E-state index contributed by atoms with van der Waals surface area (Å²) in [5.74, 6) is 0.611. The van der Waals surface area contributed by atoms with Crippen LogP contribution in [0.15, 0.2) is 47.4 Å². The molecule has 0 saturated carbocycles. The molecule has 1 N–H and O–H groups in total. The second kappa shape index (κ2) is 8.84. The van der Waals surface area contributed by atoms with Crippen molar-refractivity contribution in [3.8, 4) is 5.75 Å². The fourth-order valence-electron chi connectivity index (χ4n) is 2.82. The number of hydrogen-bond acceptors (Lipinski definition) is 4. The van der Waals surface area contributed by atoms with E-state index in [-0.39, 0.29) is 4.90 Å². The van der Waals surface area contributed by atoms with Gasteiger partial charge in [0.15, 0.2) is 5.11 Å². The van der Waals surface area contributed by atoms with Crippen LogP contribution in [-0.2, 0) is 10.0 Å². The van der Waals surface area contributed by atoms with Gasteiger partial charge in [-0.15, -0.1) is 0 Å². The fourth-order valence-corrected chi connectivity index (χ4v) is 4.89. The number of halogens is 2. The Morgan fingerprint density at radius 2 is 1.71 bits per heavy atom. The SMILES string of the molecule is COc1ccc(S(=O)(=O)N2CCN(C(=S)Nc3cccc(Cl)c3Cl)CC2)cc1. The van der Waals surface area contributed by atoms with E-state index in [0.29, 0.717) is 52.8 Å². The van der Waals surface area contributed by atoms with Crippen molar-refractivity contribution in [3.63, 3.8) is 0 Å². The molecular formula is C18H19Cl2N3O3S2. The molecule has 0 unspecified atom stereocenters. The van der Waals surface area contributed by atoms with Crippen LogP contribution in [-0.4, -0.2) is 56.0 Å². The summed E-state index contributed by atoms with van der Waals surface area (Å²) in [5.41, 5.74) is 0.618. The fraction of sp³-hybridized carbons (Fsp3) is 0.278. The number of nitrogens with zero attached hydrogens (tertiary/aromatic N) is 2. The molecule has 0 bridgehead atoms. The Bertz CT molecular complexity index is 961. The number of anilines is 1. The Balaban J connectivity index is 1.63. The molecule has 6 nitrogen and oxygen atoms in total. The monoisotopic (exact) mass is 459 g/mol. The third kappa shape index (κ3) is 4.52. The zero-order chi connectivity index (χ0) is 20.3. The lowest BCUT2D eigenvalue weighted by molar-refractivity contribution is 0.268. The molecule has 0 amide bonds. The molecule has 1 saturated heterocycles. The summed E-state index contributed by atoms with van der Waals surface area (Å²) in [6.45, 7) is 1.61. The molecule has 3 rings (SSSR count). The maximum absolute atomic E-state index is 12.8. The molecular weight excluding hydrogens is 441 g/mol. The number of sulfonamides is 1. The van der Waals surface area contributed by atoms with Gasteiger partial charge >= 0.3 is 0 Å². The highest BCUT2D eigenvalue weighted by Crippen LogP contribution is 2.30. The first-order chi connectivity index (χ1) is 13.3. The van der Waals surface area contributed by atoms with Crippen LogP contribution < -0.4 is 10.1 Å². The molecule has 0 aromatic heterocycles. The second-order valence-corrected chi connectivity index (χ2v) is 9.21. The van der Waals surface area contributed by atoms with Gasteiger partial charge in [-0.2, -0.15) is 4.31 Å². The lowest BCUT2D eigenvalue weighted by Gasteiger charge is -2.35. The van der Waals surface area contributed by atoms with Crippen molar-refractivity contribution in [2.45, 2.75) is 4.90 Å². The first kappa shape index (κ1) is 21.1. The molecule has 1 aliphatic rings. The first-order valence-electron chi connectivity index (χ1n) is 8.47. The first-order valence-corrected chi connectivity index (χ1v) is 11.1. The molecule has 0 spiro atoms. The Morgan fingerprint density at radius 1 is 1.07 bits per heavy atom. The van der Waals surface area contributed by atoms with Crippen LogP contribution in [0.3, 0.4) is 0 Å². The molecule has 0 radical (unpaired) electrons. The van der Waals surface area contributed by atoms with Gasteiger partial charge in [0.2, 0.25) is 10.0 Å². The summed E-state index contributed by atoms with van der Waals surface area (Å²) in [7, 11) is -2.02. The molecule has 150 valence electrons. The van der Waals surface area contributed by atoms with E-state index in [1.165, 1.54) is 11.4 Å². The number of hydrogen-bond donors (Lipinski definition) is 1. The smallest absolute Gasteiger partial charge is 0.243 e. The van der Waals surface area contributed by atoms with Gasteiger partial charge < -0.3 is 15.0 Å². The zero-order valence-corrected chi connectivity index (χ0v) is 18.2. The number of nitrogens with one attached hydrogen (secondary N) is 1. The van der Waals surface area contributed by atoms with Crippen LogP contribution in [0.5, 0.6) is 5.75 Å². The maximum atomic E-state index is 12.8. The highest BCUT2D eigenvalue weighted by molar-refractivity contribution is 7.89. The van der Waals surface area contributed by atoms with Gasteiger partial charge in [-0.25, -0.2) is 8.42 Å². The quantitative estimate of drug-likeness (QED) is 0.703. The van der Waals surface area contributed by atoms with Gasteiger partial charge in [0.1, 0.15) is 5.75 Å². The molecule has 0 atom stereocenters. The third-order valence-corrected chi connectivity index (χ3v) is 7.51. The highest BCUT2D eigenvalue weighted by atomic mass is 35.5. The summed E-state index contributed by atoms with van der Waals surface area (Å²) < 4.78 is 32.2. The number of piperazine rings is 1. The molecule has 0 aliphatic carbocycles. The Kier molecular flexibility index (Phi) is 6.67. The van der Waals surface area contributed by atoms with Gasteiger partial charge in [-0.1, -0.05) is 29.3 Å². The van der Waals surface area contributed by atoms with Gasteiger partial charge in [0.25, 0.3) is 0 Å². The van der Waals surface area contributed by atoms with E-state index in [9.17, 15) is 8.42 Å². The van der Waals surface area contributed by atoms with Crippen molar-refractivity contribution >= 4 is 56.2 Å². The van der Waals surface area contributed by atoms with Crippen molar-refractivity contribution < 1.29 is 13.2 Å². The van der Waals surface area contributed by atoms with Gasteiger partial charge in [-0.05, 0) is 48.6 Å². The molecule has 1 heterocycles. The van der Waals surface area contributed by atoms with E-state index in [2.05, 4.69) is 5.32 Å². The lowest BCUT2D eigenvalue weighted by atomic mass is 10.3. The molecule has 2 aromatic carbocycles. The molecule has 10 heteroatoms. The van der Waals surface area contributed by atoms with Gasteiger partial charge in [0.05, 0.1) is 27.7 Å². The molecule has 28 heavy (non-hydrogen) atoms. The summed E-state index contributed by atoms with van der Waals surface area (Å²) in [6, 6.07) is 11.6. The van der Waals surface area contributed by atoms with E-state index < -0.39 is 10.0 Å². The van der Waals surface area contributed by atoms with E-state index in [4.69, 9.17) is 40.2 Å². The number of rotatable bonds is 4. The van der Waals surface area contributed by atoms with Crippen LogP contribution in [0.2, 0.25) is 10.0 Å². The predicted molar refractivity (Wildman–Crippen MR) is 116 cm³/mol. The van der Waals surface area contributed by atoms with E-state index in [1.54, 1.807) is 42.5 Å². The summed E-state index contributed by atoms with van der Waals surface area (Å²) in [5, 5.41) is 4.39. The minimum atomic E-state index is -3.56. The molecule has 2 aromatic rings. The van der Waals surface area contributed by atoms with Crippen LogP contribution in [0.1, 0.15) is 0 Å². The van der Waals surface area contributed by atoms with Crippen molar-refractivity contribution in [1.82, 2.24) is 9.21 Å². The maximum Gasteiger partial charge on any atom is 0.243 e. The van der Waals surface area contributed by atoms with Crippen molar-refractivity contribution in [3.05, 3.63) is 52.5 Å². The van der Waals surface area contributed by atoms with Crippen LogP contribution in [0.4, 0.5) is 5.69 Å². The minimum absolute atomic E-state index is 0.244. The minimum Gasteiger partial charge on any atom is -0.497 e. The Hall–Kier alpha value is -1.58. The van der Waals surface area contributed by atoms with E-state index in [1.807, 2.05) is 4.90 Å². The summed E-state index contributed by atoms with van der Waals surface area (Å²) in [4.78, 5) is 2.15. The van der Waals surface area contributed by atoms with Crippen molar-refractivity contribution in [2.24, 2.45) is 0 Å². The second-order valence-electron chi connectivity index (χ2n) is 6.10. The van der Waals surface area contributed by atoms with Crippen LogP contribution in [0, 0.1) is 0 Å². The Labute approximate surface area is 180 Å². The highest BCUT2D eigenvalue weighted by Gasteiger charge is 2.29. The normalized spacial score (nSPS) is 15.3. The van der Waals surface area contributed by atoms with Crippen LogP contribution >= 0.6 is 35.4 Å². The number of benzene rings is 2. The largest absolute Gasteiger partial charge is 0.497 e. The van der Waals surface area contributed by atoms with Crippen molar-refractivity contribution in [1.29, 1.82) is 0 Å². The number of thiocarbonyl (C=S) groups is 1. The number of ether oxygens (including phenoxy) is 1. The average Bonchev–Trinajstić information content (AvgIpc) is 2.71. The lowest BCUT2D eigenvalue weighted by Crippen LogP contribution is -2.51. The van der Waals surface area contributed by atoms with E-state index >= 15 is 0 Å². The van der Waals surface area contributed by atoms with Gasteiger partial charge in [0, 0.05) is 26.2 Å². The van der Waals surface area contributed by atoms with Gasteiger partial charge in [-0.3, -0.25) is 0 Å². The predicted octanol–water partition coefficient (Wildman–Crippen LogP) is 3.71. The standard InChI is InChI=1S/C18H19Cl2N3O3S2/c1-26-13-5-7-14(8-6-13)28(24,25)23-11-9-22(10-12-23)18(27)21-16-4-2-3-15(19)17(16)20/h2-8H,9-12H2,1H3,(H,21,27). The number of methoxy groups -OCH3 is 1. The summed E-state index contributed by atoms with van der Waals surface area (Å²) in [6.07, 6.45) is 0. The summed E-state index contributed by atoms with van der Waals surface area (Å²) >= 11 is 17.6. The topological polar surface area (TPSA) is 61.9 Å². The molecule has 1 fully saturated rings. The van der Waals surface area contributed by atoms with Crippen molar-refractivity contribution in [2.75, 3.05) is 38.6 Å². The average molecular weight is 460 g/mol. The van der Waals surface area contributed by atoms with Crippen LogP contribution in [0.25, 0.3) is 0 Å². The van der Waals surface area contributed by atoms with E-state index in [0.717, 1.165) is 0 Å². The third-order valence-electron chi connectivity index (χ3n) is 4.42. The Morgan fingerprint density at radius 3 is 2.32 bits per heavy atom. The molecule has 1 aliphatic heterocycles. The zero-order valence-electron chi connectivity index (χ0n) is 15.1.